The highest BCUT2D eigenvalue weighted by Crippen LogP contribution is 2.17. The molecule has 0 unspecified atom stereocenters. The molecule has 2 heterocycles. The van der Waals surface area contributed by atoms with Gasteiger partial charge in [0.25, 0.3) is 5.69 Å². The summed E-state index contributed by atoms with van der Waals surface area (Å²) < 4.78 is 0. The topological polar surface area (TPSA) is 79.6 Å². The van der Waals surface area contributed by atoms with Crippen molar-refractivity contribution in [2.45, 2.75) is 6.92 Å². The zero-order valence-corrected chi connectivity index (χ0v) is 11.2. The number of carbonyl (C=O) groups excluding carboxylic acids is 1. The first-order chi connectivity index (χ1) is 9.61. The van der Waals surface area contributed by atoms with Crippen LogP contribution in [-0.2, 0) is 4.79 Å². The molecule has 0 N–H and O–H groups in total. The van der Waals surface area contributed by atoms with E-state index in [4.69, 9.17) is 0 Å². The van der Waals surface area contributed by atoms with Crippen LogP contribution >= 0.6 is 0 Å². The lowest BCUT2D eigenvalue weighted by atomic mass is 10.3. The number of hydrogen-bond acceptors (Lipinski definition) is 5. The highest BCUT2D eigenvalue weighted by molar-refractivity contribution is 5.87. The van der Waals surface area contributed by atoms with Crippen LogP contribution in [0.4, 0.5) is 11.5 Å². The van der Waals surface area contributed by atoms with Crippen LogP contribution in [0.2, 0.25) is 0 Å². The van der Waals surface area contributed by atoms with E-state index >= 15 is 0 Å². The third kappa shape index (κ3) is 3.11. The molecule has 2 rings (SSSR count). The number of rotatable bonds is 3. The number of pyridine rings is 1. The van der Waals surface area contributed by atoms with E-state index in [-0.39, 0.29) is 11.6 Å². The molecule has 0 bridgehead atoms. The zero-order valence-electron chi connectivity index (χ0n) is 11.2. The van der Waals surface area contributed by atoms with Gasteiger partial charge in [-0.2, -0.15) is 0 Å². The summed E-state index contributed by atoms with van der Waals surface area (Å²) in [5.74, 6) is 0.720. The molecule has 7 nitrogen and oxygen atoms in total. The van der Waals surface area contributed by atoms with Crippen LogP contribution in [-0.4, -0.2) is 46.9 Å². The Morgan fingerprint density at radius 1 is 1.35 bits per heavy atom. The van der Waals surface area contributed by atoms with E-state index < -0.39 is 4.92 Å². The summed E-state index contributed by atoms with van der Waals surface area (Å²) in [5.41, 5.74) is -0.0179. The number of nitrogens with zero attached hydrogens (tertiary/aromatic N) is 4. The molecule has 0 atom stereocenters. The molecule has 7 heteroatoms. The maximum absolute atomic E-state index is 11.7. The van der Waals surface area contributed by atoms with E-state index in [0.29, 0.717) is 32.0 Å². The third-order valence-electron chi connectivity index (χ3n) is 3.17. The zero-order chi connectivity index (χ0) is 14.5. The van der Waals surface area contributed by atoms with Crippen molar-refractivity contribution in [3.63, 3.8) is 0 Å². The van der Waals surface area contributed by atoms with Crippen molar-refractivity contribution in [2.24, 2.45) is 0 Å². The standard InChI is InChI=1S/C13H16N4O3/c1-2-3-13(18)16-8-6-15(7-9-16)12-5-4-11(10-14-12)17(19)20/h2-5,10H,6-9H2,1H3/b3-2+. The van der Waals surface area contributed by atoms with Crippen LogP contribution < -0.4 is 4.90 Å². The summed E-state index contributed by atoms with van der Waals surface area (Å²) in [6, 6.07) is 3.08. The van der Waals surface area contributed by atoms with Crippen LogP contribution in [0.1, 0.15) is 6.92 Å². The largest absolute Gasteiger partial charge is 0.353 e. The van der Waals surface area contributed by atoms with Crippen LogP contribution in [0, 0.1) is 10.1 Å². The summed E-state index contributed by atoms with van der Waals surface area (Å²) in [5, 5.41) is 10.6. The molecule has 0 radical (unpaired) electrons. The van der Waals surface area contributed by atoms with E-state index in [1.165, 1.54) is 12.3 Å². The van der Waals surface area contributed by atoms with E-state index in [9.17, 15) is 14.9 Å². The number of piperazine rings is 1. The van der Waals surface area contributed by atoms with Gasteiger partial charge >= 0.3 is 0 Å². The molecule has 20 heavy (non-hydrogen) atoms. The number of hydrogen-bond donors (Lipinski definition) is 0. The number of allylic oxidation sites excluding steroid dienone is 1. The lowest BCUT2D eigenvalue weighted by Gasteiger charge is -2.34. The second kappa shape index (κ2) is 6.14. The van der Waals surface area contributed by atoms with Gasteiger partial charge in [-0.05, 0) is 19.1 Å². The van der Waals surface area contributed by atoms with Crippen LogP contribution in [0.5, 0.6) is 0 Å². The van der Waals surface area contributed by atoms with Gasteiger partial charge in [0, 0.05) is 32.2 Å². The maximum Gasteiger partial charge on any atom is 0.287 e. The van der Waals surface area contributed by atoms with Crippen molar-refractivity contribution in [2.75, 3.05) is 31.1 Å². The monoisotopic (exact) mass is 276 g/mol. The Balaban J connectivity index is 1.96. The summed E-state index contributed by atoms with van der Waals surface area (Å²) in [4.78, 5) is 29.7. The minimum Gasteiger partial charge on any atom is -0.353 e. The molecule has 0 saturated carbocycles. The van der Waals surface area contributed by atoms with Gasteiger partial charge in [0.05, 0.1) is 4.92 Å². The first kappa shape index (κ1) is 14.0. The van der Waals surface area contributed by atoms with Crippen molar-refractivity contribution in [3.05, 3.63) is 40.6 Å². The quantitative estimate of drug-likeness (QED) is 0.471. The Kier molecular flexibility index (Phi) is 4.29. The van der Waals surface area contributed by atoms with Gasteiger partial charge in [-0.25, -0.2) is 4.98 Å². The minimum atomic E-state index is -0.468. The lowest BCUT2D eigenvalue weighted by Crippen LogP contribution is -2.48. The van der Waals surface area contributed by atoms with Crippen molar-refractivity contribution in [3.8, 4) is 0 Å². The van der Waals surface area contributed by atoms with E-state index in [2.05, 4.69) is 4.98 Å². The Hall–Kier alpha value is -2.44. The maximum atomic E-state index is 11.7. The molecule has 1 fully saturated rings. The fourth-order valence-corrected chi connectivity index (χ4v) is 2.08. The van der Waals surface area contributed by atoms with Gasteiger partial charge < -0.3 is 9.80 Å². The molecular formula is C13H16N4O3. The van der Waals surface area contributed by atoms with Crippen LogP contribution in [0.15, 0.2) is 30.5 Å². The van der Waals surface area contributed by atoms with Crippen molar-refractivity contribution in [1.29, 1.82) is 0 Å². The highest BCUT2D eigenvalue weighted by Gasteiger charge is 2.20. The average molecular weight is 276 g/mol. The molecule has 106 valence electrons. The number of anilines is 1. The predicted octanol–water partition coefficient (Wildman–Crippen LogP) is 1.21. The van der Waals surface area contributed by atoms with Crippen LogP contribution in [0.25, 0.3) is 0 Å². The Labute approximate surface area is 116 Å². The fraction of sp³-hybridized carbons (Fsp3) is 0.385. The first-order valence-corrected chi connectivity index (χ1v) is 6.39. The summed E-state index contributed by atoms with van der Waals surface area (Å²) >= 11 is 0. The smallest absolute Gasteiger partial charge is 0.287 e. The molecule has 1 aromatic rings. The first-order valence-electron chi connectivity index (χ1n) is 6.39. The molecule has 0 aliphatic carbocycles. The third-order valence-corrected chi connectivity index (χ3v) is 3.17. The molecular weight excluding hydrogens is 260 g/mol. The number of nitro groups is 1. The van der Waals surface area contributed by atoms with Crippen molar-refractivity contribution < 1.29 is 9.72 Å². The minimum absolute atomic E-state index is 0.0174. The van der Waals surface area contributed by atoms with Crippen molar-refractivity contribution in [1.82, 2.24) is 9.88 Å². The molecule has 0 spiro atoms. The number of amides is 1. The molecule has 1 saturated heterocycles. The SMILES string of the molecule is C/C=C/C(=O)N1CCN(c2ccc([N+](=O)[O-])cn2)CC1. The van der Waals surface area contributed by atoms with Gasteiger partial charge in [0.15, 0.2) is 0 Å². The molecule has 1 aromatic heterocycles. The molecule has 1 aliphatic heterocycles. The lowest BCUT2D eigenvalue weighted by molar-refractivity contribution is -0.385. The number of aromatic nitrogens is 1. The molecule has 1 amide bonds. The fourth-order valence-electron chi connectivity index (χ4n) is 2.08. The van der Waals surface area contributed by atoms with Crippen LogP contribution in [0.3, 0.4) is 0 Å². The summed E-state index contributed by atoms with van der Waals surface area (Å²) in [6.07, 6.45) is 4.54. The Morgan fingerprint density at radius 3 is 2.55 bits per heavy atom. The average Bonchev–Trinajstić information content (AvgIpc) is 2.48. The van der Waals surface area contributed by atoms with E-state index in [1.54, 1.807) is 23.1 Å². The number of carbonyl (C=O) groups is 1. The normalized spacial score (nSPS) is 15.7. The van der Waals surface area contributed by atoms with Gasteiger partial charge in [0.1, 0.15) is 12.0 Å². The predicted molar refractivity (Wildman–Crippen MR) is 74.5 cm³/mol. The highest BCUT2D eigenvalue weighted by atomic mass is 16.6. The molecule has 1 aliphatic rings. The van der Waals surface area contributed by atoms with E-state index in [1.807, 2.05) is 11.8 Å². The van der Waals surface area contributed by atoms with Gasteiger partial charge in [-0.15, -0.1) is 0 Å². The molecule has 0 aromatic carbocycles. The summed E-state index contributed by atoms with van der Waals surface area (Å²) in [7, 11) is 0. The Bertz CT molecular complexity index is 519. The Morgan fingerprint density at radius 2 is 2.05 bits per heavy atom. The van der Waals surface area contributed by atoms with E-state index in [0.717, 1.165) is 0 Å². The van der Waals surface area contributed by atoms with Gasteiger partial charge in [-0.3, -0.25) is 14.9 Å². The summed E-state index contributed by atoms with van der Waals surface area (Å²) in [6.45, 7) is 4.42. The van der Waals surface area contributed by atoms with Gasteiger partial charge in [0.2, 0.25) is 5.91 Å². The second-order valence-corrected chi connectivity index (χ2v) is 4.44. The van der Waals surface area contributed by atoms with Gasteiger partial charge in [-0.1, -0.05) is 6.08 Å². The van der Waals surface area contributed by atoms with Crippen molar-refractivity contribution >= 4 is 17.4 Å². The second-order valence-electron chi connectivity index (χ2n) is 4.44.